The molecule has 9 aromatic carbocycles. The number of fused-ring (bicyclic) bond motifs is 6. The fourth-order valence-electron chi connectivity index (χ4n) is 9.74. The Bertz CT molecular complexity index is 3510. The van der Waals surface area contributed by atoms with Crippen molar-refractivity contribution in [3.8, 4) is 50.2 Å². The molecule has 0 saturated carbocycles. The highest BCUT2D eigenvalue weighted by Gasteiger charge is 2.19. The van der Waals surface area contributed by atoms with Crippen molar-refractivity contribution in [1.29, 1.82) is 0 Å². The molecule has 62 heavy (non-hydrogen) atoms. The molecule has 0 fully saturated rings. The number of benzene rings is 9. The van der Waals surface area contributed by atoms with Crippen LogP contribution >= 0.6 is 0 Å². The lowest BCUT2D eigenvalue weighted by Gasteiger charge is -2.18. The Morgan fingerprint density at radius 3 is 1.15 bits per heavy atom. The summed E-state index contributed by atoms with van der Waals surface area (Å²) in [4.78, 5) is 0. The lowest BCUT2D eigenvalue weighted by Crippen LogP contribution is -2.01. The number of allylic oxidation sites excluding steroid dienone is 4. The third-order valence-electron chi connectivity index (χ3n) is 12.9. The minimum Gasteiger partial charge on any atom is -0.313 e. The Morgan fingerprint density at radius 2 is 0.645 bits per heavy atom. The number of nitrogens with zero attached hydrogens (tertiary/aromatic N) is 2. The van der Waals surface area contributed by atoms with Crippen LogP contribution in [0.1, 0.15) is 18.4 Å². The molecule has 1 aliphatic carbocycles. The topological polar surface area (TPSA) is 9.86 Å². The van der Waals surface area contributed by atoms with E-state index in [1.165, 1.54) is 105 Å². The standard InChI is InChI=1S/C60H42N2/c1-3-11-41(12-4-1)43-19-23-45(24-20-43)47-27-33-51(34-28-47)61-57-17-9-7-15-53(57)55-39-49(31-37-59(55)61)50-32-38-60-56(40-50)54-16-8-10-18-58(54)62(60)52-35-29-48(30-36-52)46-25-21-44(22-26-46)42-13-5-2-6-14-42/h1-29,31-35,37-40H,30,36H2. The molecule has 2 heteroatoms. The lowest BCUT2D eigenvalue weighted by atomic mass is 9.94. The number of hydrogen-bond acceptors (Lipinski definition) is 0. The van der Waals surface area contributed by atoms with Gasteiger partial charge in [0.15, 0.2) is 0 Å². The van der Waals surface area contributed by atoms with Crippen molar-refractivity contribution < 1.29 is 0 Å². The molecule has 2 heterocycles. The van der Waals surface area contributed by atoms with E-state index in [9.17, 15) is 0 Å². The van der Waals surface area contributed by atoms with Crippen molar-refractivity contribution in [3.05, 3.63) is 236 Å². The number of aromatic nitrogens is 2. The van der Waals surface area contributed by atoms with Crippen molar-refractivity contribution in [2.24, 2.45) is 0 Å². The fourth-order valence-corrected chi connectivity index (χ4v) is 9.74. The van der Waals surface area contributed by atoms with Crippen LogP contribution in [0.2, 0.25) is 0 Å². The van der Waals surface area contributed by atoms with Gasteiger partial charge in [-0.3, -0.25) is 0 Å². The predicted octanol–water partition coefficient (Wildman–Crippen LogP) is 16.3. The first-order valence-electron chi connectivity index (χ1n) is 21.6. The minimum atomic E-state index is 0.979. The van der Waals surface area contributed by atoms with E-state index in [1.54, 1.807) is 0 Å². The molecule has 1 aliphatic rings. The zero-order valence-corrected chi connectivity index (χ0v) is 34.2. The van der Waals surface area contributed by atoms with Crippen LogP contribution in [-0.4, -0.2) is 9.13 Å². The zero-order valence-electron chi connectivity index (χ0n) is 34.2. The maximum Gasteiger partial charge on any atom is 0.0541 e. The highest BCUT2D eigenvalue weighted by atomic mass is 15.0. The summed E-state index contributed by atoms with van der Waals surface area (Å²) in [6, 6.07) is 79.8. The summed E-state index contributed by atoms with van der Waals surface area (Å²) in [6.45, 7) is 0. The van der Waals surface area contributed by atoms with Gasteiger partial charge in [0.05, 0.1) is 22.1 Å². The summed E-state index contributed by atoms with van der Waals surface area (Å²) < 4.78 is 4.90. The Kier molecular flexibility index (Phi) is 8.67. The van der Waals surface area contributed by atoms with Crippen LogP contribution in [0.4, 0.5) is 0 Å². The van der Waals surface area contributed by atoms with E-state index in [4.69, 9.17) is 0 Å². The van der Waals surface area contributed by atoms with Crippen molar-refractivity contribution in [2.75, 3.05) is 0 Å². The van der Waals surface area contributed by atoms with Crippen molar-refractivity contribution in [3.63, 3.8) is 0 Å². The van der Waals surface area contributed by atoms with Gasteiger partial charge in [0.1, 0.15) is 0 Å². The first-order valence-corrected chi connectivity index (χ1v) is 21.6. The molecule has 2 nitrogen and oxygen atoms in total. The molecule has 0 N–H and O–H groups in total. The number of para-hydroxylation sites is 2. The molecule has 0 radical (unpaired) electrons. The molecule has 12 rings (SSSR count). The first kappa shape index (κ1) is 36.0. The summed E-state index contributed by atoms with van der Waals surface area (Å²) in [7, 11) is 0. The Balaban J connectivity index is 0.874. The molecule has 0 amide bonds. The van der Waals surface area contributed by atoms with Gasteiger partial charge in [-0.25, -0.2) is 0 Å². The average Bonchev–Trinajstić information content (AvgIpc) is 3.87. The Morgan fingerprint density at radius 1 is 0.258 bits per heavy atom. The molecular formula is C60H42N2. The van der Waals surface area contributed by atoms with E-state index in [2.05, 4.69) is 240 Å². The summed E-state index contributed by atoms with van der Waals surface area (Å²) in [5, 5.41) is 5.07. The van der Waals surface area contributed by atoms with E-state index in [0.717, 1.165) is 18.5 Å². The monoisotopic (exact) mass is 790 g/mol. The second-order valence-electron chi connectivity index (χ2n) is 16.5. The van der Waals surface area contributed by atoms with E-state index < -0.39 is 0 Å². The second kappa shape index (κ2) is 15.0. The van der Waals surface area contributed by atoms with E-state index in [1.807, 2.05) is 0 Å². The van der Waals surface area contributed by atoms with Gasteiger partial charge < -0.3 is 9.13 Å². The molecule has 0 atom stereocenters. The maximum absolute atomic E-state index is 2.49. The van der Waals surface area contributed by atoms with Gasteiger partial charge in [-0.05, 0) is 123 Å². The third-order valence-corrected chi connectivity index (χ3v) is 12.9. The van der Waals surface area contributed by atoms with Crippen LogP contribution in [0, 0.1) is 0 Å². The smallest absolute Gasteiger partial charge is 0.0541 e. The minimum absolute atomic E-state index is 0.979. The van der Waals surface area contributed by atoms with Crippen LogP contribution in [0.25, 0.3) is 105 Å². The van der Waals surface area contributed by atoms with Gasteiger partial charge in [0, 0.05) is 32.9 Å². The molecule has 0 aliphatic heterocycles. The van der Waals surface area contributed by atoms with Crippen LogP contribution in [0.5, 0.6) is 0 Å². The van der Waals surface area contributed by atoms with Gasteiger partial charge in [-0.2, -0.15) is 0 Å². The molecule has 0 bridgehead atoms. The highest BCUT2D eigenvalue weighted by molar-refractivity contribution is 6.13. The molecule has 292 valence electrons. The van der Waals surface area contributed by atoms with Crippen molar-refractivity contribution in [2.45, 2.75) is 12.8 Å². The molecule has 0 spiro atoms. The fraction of sp³-hybridized carbons (Fsp3) is 0.0333. The van der Waals surface area contributed by atoms with E-state index in [-0.39, 0.29) is 0 Å². The summed E-state index contributed by atoms with van der Waals surface area (Å²) >= 11 is 0. The van der Waals surface area contributed by atoms with Crippen molar-refractivity contribution >= 4 is 54.9 Å². The average molecular weight is 791 g/mol. The number of hydrogen-bond donors (Lipinski definition) is 0. The molecule has 2 aromatic heterocycles. The largest absolute Gasteiger partial charge is 0.313 e. The zero-order chi connectivity index (χ0) is 41.0. The van der Waals surface area contributed by atoms with Crippen LogP contribution in [0.15, 0.2) is 231 Å². The highest BCUT2D eigenvalue weighted by Crippen LogP contribution is 2.40. The summed E-state index contributed by atoms with van der Waals surface area (Å²) in [6.07, 6.45) is 6.65. The van der Waals surface area contributed by atoms with Crippen LogP contribution in [-0.2, 0) is 0 Å². The predicted molar refractivity (Wildman–Crippen MR) is 263 cm³/mol. The first-order chi connectivity index (χ1) is 30.7. The number of rotatable bonds is 7. The molecule has 0 unspecified atom stereocenters. The Labute approximate surface area is 361 Å². The summed E-state index contributed by atoms with van der Waals surface area (Å²) in [5.74, 6) is 0. The van der Waals surface area contributed by atoms with Gasteiger partial charge >= 0.3 is 0 Å². The van der Waals surface area contributed by atoms with Gasteiger partial charge in [0.25, 0.3) is 0 Å². The maximum atomic E-state index is 2.49. The quantitative estimate of drug-likeness (QED) is 0.152. The Hall–Kier alpha value is -7.94. The van der Waals surface area contributed by atoms with Crippen LogP contribution < -0.4 is 0 Å². The van der Waals surface area contributed by atoms with Gasteiger partial charge in [-0.15, -0.1) is 0 Å². The molecule has 11 aromatic rings. The van der Waals surface area contributed by atoms with Crippen LogP contribution in [0.3, 0.4) is 0 Å². The second-order valence-corrected chi connectivity index (χ2v) is 16.5. The SMILES string of the molecule is C1=C(c2ccc(-c3ccccc3)cc2)CCC(n2c3ccccc3c3cc(-c4ccc5c(c4)c4ccccc4n5-c4ccc(-c5ccc(-c6ccccc6)cc5)cc4)ccc32)=C1. The molecule has 0 saturated heterocycles. The molecular weight excluding hydrogens is 749 g/mol. The van der Waals surface area contributed by atoms with Gasteiger partial charge in [-0.1, -0.05) is 176 Å². The van der Waals surface area contributed by atoms with E-state index >= 15 is 0 Å². The van der Waals surface area contributed by atoms with Gasteiger partial charge in [0.2, 0.25) is 0 Å². The third kappa shape index (κ3) is 6.19. The van der Waals surface area contributed by atoms with E-state index in [0.29, 0.717) is 0 Å². The van der Waals surface area contributed by atoms with Crippen molar-refractivity contribution in [1.82, 2.24) is 9.13 Å². The normalized spacial score (nSPS) is 12.9. The lowest BCUT2D eigenvalue weighted by molar-refractivity contribution is 0.992. The summed E-state index contributed by atoms with van der Waals surface area (Å²) in [5.41, 5.74) is 19.9.